The molecule has 0 saturated heterocycles. The Labute approximate surface area is 199 Å². The highest BCUT2D eigenvalue weighted by Gasteiger charge is 2.11. The topological polar surface area (TPSA) is 130 Å². The molecule has 5 aromatic rings. The summed E-state index contributed by atoms with van der Waals surface area (Å²) in [7, 11) is 0. The van der Waals surface area contributed by atoms with E-state index in [9.17, 15) is 19.8 Å². The number of benzene rings is 3. The van der Waals surface area contributed by atoms with Gasteiger partial charge in [0.05, 0.1) is 0 Å². The van der Waals surface area contributed by atoms with Gasteiger partial charge in [0.2, 0.25) is 0 Å². The number of nitrogens with zero attached hydrogens (tertiary/aromatic N) is 2. The maximum atomic E-state index is 12.0. The van der Waals surface area contributed by atoms with Gasteiger partial charge in [-0.2, -0.15) is 0 Å². The lowest BCUT2D eigenvalue weighted by molar-refractivity contribution is 0.0466. The summed E-state index contributed by atoms with van der Waals surface area (Å²) in [6.45, 7) is 0.195. The Morgan fingerprint density at radius 1 is 0.657 bits per heavy atom. The summed E-state index contributed by atoms with van der Waals surface area (Å²) in [4.78, 5) is 30.6. The van der Waals surface area contributed by atoms with E-state index in [1.54, 1.807) is 36.4 Å². The van der Waals surface area contributed by atoms with Crippen molar-refractivity contribution < 1.29 is 29.6 Å². The van der Waals surface area contributed by atoms with E-state index in [0.717, 1.165) is 16.3 Å². The van der Waals surface area contributed by atoms with E-state index >= 15 is 0 Å². The number of rotatable bonds is 4. The van der Waals surface area contributed by atoms with E-state index < -0.39 is 11.9 Å². The van der Waals surface area contributed by atoms with E-state index in [1.807, 2.05) is 36.4 Å². The largest absolute Gasteiger partial charge is 0.506 e. The molecule has 0 radical (unpaired) electrons. The average molecular weight is 468 g/mol. The molecule has 0 aliphatic carbocycles. The first-order valence-corrected chi connectivity index (χ1v) is 10.5. The molecule has 0 aliphatic rings. The standard InChI is InChI=1S/C17H13NO3.C10H7NO3/c19-15-8-4-7-13-9-10-14(18-16(13)15)17(20)21-11-12-5-2-1-3-6-12;12-8-3-1-2-6-4-5-7(10(13)14)11-9(6)8/h1-10,19H,11H2;1-5,12H,(H,13,14). The second-order valence-corrected chi connectivity index (χ2v) is 7.46. The van der Waals surface area contributed by atoms with Gasteiger partial charge in [-0.15, -0.1) is 0 Å². The van der Waals surface area contributed by atoms with Crippen LogP contribution < -0.4 is 0 Å². The molecule has 35 heavy (non-hydrogen) atoms. The van der Waals surface area contributed by atoms with E-state index in [4.69, 9.17) is 9.84 Å². The number of esters is 1. The van der Waals surface area contributed by atoms with Crippen LogP contribution in [0.2, 0.25) is 0 Å². The summed E-state index contributed by atoms with van der Waals surface area (Å²) in [5.74, 6) is -1.57. The van der Waals surface area contributed by atoms with Crippen LogP contribution in [0.1, 0.15) is 26.5 Å². The molecule has 3 aromatic carbocycles. The van der Waals surface area contributed by atoms with Gasteiger partial charge >= 0.3 is 11.9 Å². The highest BCUT2D eigenvalue weighted by atomic mass is 16.5. The first kappa shape index (κ1) is 23.2. The predicted molar refractivity (Wildman–Crippen MR) is 129 cm³/mol. The van der Waals surface area contributed by atoms with Crippen molar-refractivity contribution in [2.24, 2.45) is 0 Å². The van der Waals surface area contributed by atoms with Crippen LogP contribution in [-0.2, 0) is 11.3 Å². The number of hydrogen-bond donors (Lipinski definition) is 3. The van der Waals surface area contributed by atoms with E-state index in [1.165, 1.54) is 18.2 Å². The molecule has 5 rings (SSSR count). The molecule has 0 saturated carbocycles. The number of pyridine rings is 2. The zero-order valence-electron chi connectivity index (χ0n) is 18.3. The Morgan fingerprint density at radius 3 is 1.77 bits per heavy atom. The van der Waals surface area contributed by atoms with Gasteiger partial charge in [0.25, 0.3) is 0 Å². The summed E-state index contributed by atoms with van der Waals surface area (Å²) >= 11 is 0. The molecule has 0 spiro atoms. The minimum atomic E-state index is -1.10. The molecule has 8 heteroatoms. The first-order valence-electron chi connectivity index (χ1n) is 10.5. The zero-order valence-corrected chi connectivity index (χ0v) is 18.3. The lowest BCUT2D eigenvalue weighted by atomic mass is 10.2. The molecule has 0 unspecified atom stereocenters. The van der Waals surface area contributed by atoms with E-state index in [0.29, 0.717) is 11.0 Å². The smallest absolute Gasteiger partial charge is 0.357 e. The van der Waals surface area contributed by atoms with Crippen molar-refractivity contribution in [2.45, 2.75) is 6.61 Å². The lowest BCUT2D eigenvalue weighted by Crippen LogP contribution is -2.07. The number of carboxylic acids is 1. The Kier molecular flexibility index (Phi) is 6.83. The number of carbonyl (C=O) groups is 2. The van der Waals surface area contributed by atoms with Crippen molar-refractivity contribution >= 4 is 33.7 Å². The SMILES string of the molecule is O=C(O)c1ccc2cccc(O)c2n1.O=C(OCc1ccccc1)c1ccc2cccc(O)c2n1. The van der Waals surface area contributed by atoms with Crippen molar-refractivity contribution in [2.75, 3.05) is 0 Å². The Bertz CT molecular complexity index is 1520. The Balaban J connectivity index is 0.000000179. The molecule has 0 aliphatic heterocycles. The number of phenols is 2. The van der Waals surface area contributed by atoms with Gasteiger partial charge in [-0.1, -0.05) is 66.7 Å². The van der Waals surface area contributed by atoms with E-state index in [-0.39, 0.29) is 29.5 Å². The maximum absolute atomic E-state index is 12.0. The third kappa shape index (κ3) is 5.51. The number of ether oxygens (including phenoxy) is 1. The number of carboxylic acid groups (broad SMARTS) is 1. The van der Waals surface area contributed by atoms with Crippen LogP contribution in [0.4, 0.5) is 0 Å². The highest BCUT2D eigenvalue weighted by Crippen LogP contribution is 2.23. The maximum Gasteiger partial charge on any atom is 0.357 e. The van der Waals surface area contributed by atoms with Gasteiger partial charge in [-0.3, -0.25) is 0 Å². The van der Waals surface area contributed by atoms with Crippen LogP contribution in [0, 0.1) is 0 Å². The number of para-hydroxylation sites is 2. The van der Waals surface area contributed by atoms with Crippen molar-refractivity contribution in [3.8, 4) is 11.5 Å². The first-order chi connectivity index (χ1) is 16.9. The fourth-order valence-corrected chi connectivity index (χ4v) is 3.29. The number of hydrogen-bond acceptors (Lipinski definition) is 7. The monoisotopic (exact) mass is 468 g/mol. The van der Waals surface area contributed by atoms with Gasteiger partial charge in [0, 0.05) is 10.8 Å². The number of fused-ring (bicyclic) bond motifs is 2. The van der Waals surface area contributed by atoms with Gasteiger partial charge in [-0.25, -0.2) is 19.6 Å². The van der Waals surface area contributed by atoms with Crippen molar-refractivity contribution in [3.63, 3.8) is 0 Å². The van der Waals surface area contributed by atoms with Crippen LogP contribution >= 0.6 is 0 Å². The van der Waals surface area contributed by atoms with Gasteiger partial charge < -0.3 is 20.1 Å². The third-order valence-electron chi connectivity index (χ3n) is 5.04. The number of carbonyl (C=O) groups excluding carboxylic acids is 1. The van der Waals surface area contributed by atoms with Crippen LogP contribution in [0.15, 0.2) is 91.0 Å². The molecule has 3 N–H and O–H groups in total. The lowest BCUT2D eigenvalue weighted by Gasteiger charge is -2.06. The molecule has 0 fully saturated rings. The molecule has 8 nitrogen and oxygen atoms in total. The molecular formula is C27H20N2O6. The normalized spacial score (nSPS) is 10.4. The fraction of sp³-hybridized carbons (Fsp3) is 0.0370. The Morgan fingerprint density at radius 2 is 1.20 bits per heavy atom. The summed E-state index contributed by atoms with van der Waals surface area (Å²) in [6, 6.07) is 25.8. The molecule has 0 amide bonds. The number of phenolic OH excluding ortho intramolecular Hbond substituents is 2. The quantitative estimate of drug-likeness (QED) is 0.316. The van der Waals surface area contributed by atoms with Crippen LogP contribution in [-0.4, -0.2) is 37.2 Å². The van der Waals surface area contributed by atoms with Gasteiger partial charge in [-0.05, 0) is 29.8 Å². The molecule has 174 valence electrons. The number of aromatic carboxylic acids is 1. The summed E-state index contributed by atoms with van der Waals surface area (Å²) in [5, 5.41) is 29.4. The molecule has 2 aromatic heterocycles. The molecule has 2 heterocycles. The zero-order chi connectivity index (χ0) is 24.8. The minimum Gasteiger partial charge on any atom is -0.506 e. The van der Waals surface area contributed by atoms with Crippen molar-refractivity contribution in [1.29, 1.82) is 0 Å². The predicted octanol–water partition coefficient (Wildman–Crippen LogP) is 4.94. The van der Waals surface area contributed by atoms with Crippen molar-refractivity contribution in [1.82, 2.24) is 9.97 Å². The van der Waals surface area contributed by atoms with Crippen LogP contribution in [0.3, 0.4) is 0 Å². The Hall–Kier alpha value is -4.98. The minimum absolute atomic E-state index is 0.00870. The molecule has 0 atom stereocenters. The average Bonchev–Trinajstić information content (AvgIpc) is 2.88. The van der Waals surface area contributed by atoms with E-state index in [2.05, 4.69) is 9.97 Å². The number of aromatic nitrogens is 2. The second kappa shape index (κ2) is 10.3. The van der Waals surface area contributed by atoms with Crippen LogP contribution in [0.5, 0.6) is 11.5 Å². The molecular weight excluding hydrogens is 448 g/mol. The highest BCUT2D eigenvalue weighted by molar-refractivity contribution is 5.93. The third-order valence-corrected chi connectivity index (χ3v) is 5.04. The second-order valence-electron chi connectivity index (χ2n) is 7.46. The van der Waals surface area contributed by atoms with Crippen LogP contribution in [0.25, 0.3) is 21.8 Å². The summed E-state index contributed by atoms with van der Waals surface area (Å²) in [6.07, 6.45) is 0. The molecule has 0 bridgehead atoms. The number of aromatic hydroxyl groups is 2. The van der Waals surface area contributed by atoms with Crippen molar-refractivity contribution in [3.05, 3.63) is 108 Å². The summed E-state index contributed by atoms with van der Waals surface area (Å²) in [5.41, 5.74) is 1.73. The fourth-order valence-electron chi connectivity index (χ4n) is 3.29. The van der Waals surface area contributed by atoms with Gasteiger partial charge in [0.15, 0.2) is 0 Å². The van der Waals surface area contributed by atoms with Gasteiger partial charge in [0.1, 0.15) is 40.5 Å². The summed E-state index contributed by atoms with van der Waals surface area (Å²) < 4.78 is 5.22.